The molecule has 15 heavy (non-hydrogen) atoms. The van der Waals surface area contributed by atoms with Crippen LogP contribution in [0.2, 0.25) is 0 Å². The summed E-state index contributed by atoms with van der Waals surface area (Å²) in [4.78, 5) is 6.77. The molecule has 0 spiro atoms. The van der Waals surface area contributed by atoms with E-state index in [2.05, 4.69) is 34.8 Å². The highest BCUT2D eigenvalue weighted by atomic mass is 79.9. The van der Waals surface area contributed by atoms with Crippen LogP contribution in [0.5, 0.6) is 0 Å². The van der Waals surface area contributed by atoms with Crippen LogP contribution in [0.4, 0.5) is 0 Å². The molecule has 0 amide bonds. The Morgan fingerprint density at radius 1 is 1.40 bits per heavy atom. The highest BCUT2D eigenvalue weighted by Crippen LogP contribution is 2.32. The van der Waals surface area contributed by atoms with Gasteiger partial charge < -0.3 is 0 Å². The molecule has 1 fully saturated rings. The lowest BCUT2D eigenvalue weighted by molar-refractivity contribution is 0.367. The third-order valence-electron chi connectivity index (χ3n) is 3.25. The van der Waals surface area contributed by atoms with E-state index in [4.69, 9.17) is 0 Å². The molecule has 0 radical (unpaired) electrons. The van der Waals surface area contributed by atoms with E-state index in [0.29, 0.717) is 0 Å². The Labute approximate surface area is 104 Å². The van der Waals surface area contributed by atoms with Crippen LogP contribution in [0.3, 0.4) is 0 Å². The lowest BCUT2D eigenvalue weighted by Gasteiger charge is -2.24. The zero-order valence-corrected chi connectivity index (χ0v) is 11.8. The van der Waals surface area contributed by atoms with Crippen LogP contribution in [0.25, 0.3) is 0 Å². The summed E-state index contributed by atoms with van der Waals surface area (Å²) in [7, 11) is 0. The first-order valence-corrected chi connectivity index (χ1v) is 7.45. The molecule has 0 aromatic carbocycles. The number of rotatable bonds is 2. The summed E-state index contributed by atoms with van der Waals surface area (Å²) in [5.74, 6) is 0.855. The molecule has 2 atom stereocenters. The third kappa shape index (κ3) is 3.04. The van der Waals surface area contributed by atoms with Gasteiger partial charge in [0.25, 0.3) is 0 Å². The van der Waals surface area contributed by atoms with Gasteiger partial charge in [0.05, 0.1) is 10.7 Å². The SMILES string of the molecule is Cc1nc(CC2CCCC(Br)C2)sc1C. The Hall–Kier alpha value is 0.110. The number of aromatic nitrogens is 1. The predicted molar refractivity (Wildman–Crippen MR) is 70.0 cm³/mol. The molecule has 1 saturated carbocycles. The van der Waals surface area contributed by atoms with E-state index in [-0.39, 0.29) is 0 Å². The minimum absolute atomic E-state index is 0.749. The Morgan fingerprint density at radius 2 is 2.20 bits per heavy atom. The summed E-state index contributed by atoms with van der Waals surface area (Å²) in [6.07, 6.45) is 6.65. The maximum atomic E-state index is 4.63. The third-order valence-corrected chi connectivity index (χ3v) is 5.18. The van der Waals surface area contributed by atoms with Gasteiger partial charge in [0.1, 0.15) is 0 Å². The quantitative estimate of drug-likeness (QED) is 0.741. The van der Waals surface area contributed by atoms with E-state index in [9.17, 15) is 0 Å². The molecule has 2 unspecified atom stereocenters. The van der Waals surface area contributed by atoms with E-state index in [1.165, 1.54) is 47.7 Å². The molecular formula is C12H18BrNS. The van der Waals surface area contributed by atoms with Gasteiger partial charge in [0.2, 0.25) is 0 Å². The minimum Gasteiger partial charge on any atom is -0.246 e. The Balaban J connectivity index is 1.96. The molecule has 0 saturated heterocycles. The Morgan fingerprint density at radius 3 is 2.80 bits per heavy atom. The highest BCUT2D eigenvalue weighted by molar-refractivity contribution is 9.09. The topological polar surface area (TPSA) is 12.9 Å². The van der Waals surface area contributed by atoms with Gasteiger partial charge >= 0.3 is 0 Å². The van der Waals surface area contributed by atoms with Crippen molar-refractivity contribution in [2.24, 2.45) is 5.92 Å². The molecule has 2 rings (SSSR count). The monoisotopic (exact) mass is 287 g/mol. The molecule has 1 aromatic rings. The van der Waals surface area contributed by atoms with Gasteiger partial charge in [-0.05, 0) is 39.0 Å². The molecule has 0 aliphatic heterocycles. The number of alkyl halides is 1. The van der Waals surface area contributed by atoms with Crippen molar-refractivity contribution in [3.8, 4) is 0 Å². The van der Waals surface area contributed by atoms with Gasteiger partial charge in [-0.1, -0.05) is 22.4 Å². The van der Waals surface area contributed by atoms with Crippen molar-refractivity contribution in [1.82, 2.24) is 4.98 Å². The first-order chi connectivity index (χ1) is 7.15. The fraction of sp³-hybridized carbons (Fsp3) is 0.750. The smallest absolute Gasteiger partial charge is 0.0933 e. The fourth-order valence-electron chi connectivity index (χ4n) is 2.28. The van der Waals surface area contributed by atoms with Gasteiger partial charge in [-0.2, -0.15) is 0 Å². The first-order valence-electron chi connectivity index (χ1n) is 5.72. The molecule has 0 bridgehead atoms. The summed E-state index contributed by atoms with van der Waals surface area (Å²) >= 11 is 5.63. The van der Waals surface area contributed by atoms with Crippen LogP contribution in [-0.2, 0) is 6.42 Å². The fourth-order valence-corrected chi connectivity index (χ4v) is 4.19. The second-order valence-electron chi connectivity index (χ2n) is 4.58. The van der Waals surface area contributed by atoms with E-state index >= 15 is 0 Å². The van der Waals surface area contributed by atoms with Crippen molar-refractivity contribution in [3.63, 3.8) is 0 Å². The maximum Gasteiger partial charge on any atom is 0.0933 e. The summed E-state index contributed by atoms with van der Waals surface area (Å²) in [6, 6.07) is 0. The van der Waals surface area contributed by atoms with Gasteiger partial charge in [0, 0.05) is 16.1 Å². The van der Waals surface area contributed by atoms with E-state index in [0.717, 1.165) is 10.7 Å². The molecule has 3 heteroatoms. The lowest BCUT2D eigenvalue weighted by Crippen LogP contribution is -2.16. The van der Waals surface area contributed by atoms with Crippen LogP contribution in [-0.4, -0.2) is 9.81 Å². The average Bonchev–Trinajstić information content (AvgIpc) is 2.45. The van der Waals surface area contributed by atoms with Crippen LogP contribution in [0, 0.1) is 19.8 Å². The van der Waals surface area contributed by atoms with E-state index in [1.54, 1.807) is 0 Å². The number of halogens is 1. The van der Waals surface area contributed by atoms with E-state index in [1.807, 2.05) is 11.3 Å². The Kier molecular flexibility index (Phi) is 3.83. The number of aryl methyl sites for hydroxylation is 2. The van der Waals surface area contributed by atoms with Crippen molar-refractivity contribution in [3.05, 3.63) is 15.6 Å². The molecule has 1 aliphatic carbocycles. The van der Waals surface area contributed by atoms with Crippen LogP contribution in [0.1, 0.15) is 41.3 Å². The van der Waals surface area contributed by atoms with Gasteiger partial charge in [0.15, 0.2) is 0 Å². The minimum atomic E-state index is 0.749. The molecule has 0 N–H and O–H groups in total. The highest BCUT2D eigenvalue weighted by Gasteiger charge is 2.21. The van der Waals surface area contributed by atoms with Crippen molar-refractivity contribution >= 4 is 27.3 Å². The largest absolute Gasteiger partial charge is 0.246 e. The maximum absolute atomic E-state index is 4.63. The summed E-state index contributed by atoms with van der Waals surface area (Å²) in [5.41, 5.74) is 1.22. The summed E-state index contributed by atoms with van der Waals surface area (Å²) in [5, 5.41) is 1.34. The Bertz CT molecular complexity index is 315. The van der Waals surface area contributed by atoms with Crippen molar-refractivity contribution in [1.29, 1.82) is 0 Å². The number of hydrogen-bond donors (Lipinski definition) is 0. The molecule has 1 nitrogen and oxygen atoms in total. The summed E-state index contributed by atoms with van der Waals surface area (Å²) < 4.78 is 0. The second kappa shape index (κ2) is 4.96. The zero-order valence-electron chi connectivity index (χ0n) is 9.42. The molecule has 1 heterocycles. The number of nitrogens with zero attached hydrogens (tertiary/aromatic N) is 1. The number of hydrogen-bond acceptors (Lipinski definition) is 2. The van der Waals surface area contributed by atoms with Crippen LogP contribution in [0.15, 0.2) is 0 Å². The molecule has 1 aromatic heterocycles. The molecule has 84 valence electrons. The van der Waals surface area contributed by atoms with Gasteiger partial charge in [-0.25, -0.2) is 4.98 Å². The van der Waals surface area contributed by atoms with Gasteiger partial charge in [-0.15, -0.1) is 11.3 Å². The standard InChI is InChI=1S/C12H18BrNS/c1-8-9(2)15-12(14-8)7-10-4-3-5-11(13)6-10/h10-11H,3-7H2,1-2H3. The van der Waals surface area contributed by atoms with Gasteiger partial charge in [-0.3, -0.25) is 0 Å². The van der Waals surface area contributed by atoms with E-state index < -0.39 is 0 Å². The first kappa shape index (κ1) is 11.6. The van der Waals surface area contributed by atoms with Crippen LogP contribution >= 0.6 is 27.3 Å². The number of thiazole rings is 1. The lowest BCUT2D eigenvalue weighted by atomic mass is 9.87. The summed E-state index contributed by atoms with van der Waals surface area (Å²) in [6.45, 7) is 4.29. The second-order valence-corrected chi connectivity index (χ2v) is 7.17. The average molecular weight is 288 g/mol. The zero-order chi connectivity index (χ0) is 10.8. The van der Waals surface area contributed by atoms with Crippen molar-refractivity contribution < 1.29 is 0 Å². The van der Waals surface area contributed by atoms with Crippen LogP contribution < -0.4 is 0 Å². The molecular weight excluding hydrogens is 270 g/mol. The molecule has 1 aliphatic rings. The van der Waals surface area contributed by atoms with Crippen molar-refractivity contribution in [2.75, 3.05) is 0 Å². The normalized spacial score (nSPS) is 26.9. The predicted octanol–water partition coefficient (Wildman–Crippen LogP) is 4.26. The van der Waals surface area contributed by atoms with Crippen molar-refractivity contribution in [2.45, 2.75) is 50.8 Å².